The number of carboxylic acids is 1. The molecule has 1 atom stereocenters. The number of carboxylic acid groups (broad SMARTS) is 1. The molecule has 2 aromatic heterocycles. The van der Waals surface area contributed by atoms with Crippen molar-refractivity contribution in [3.63, 3.8) is 0 Å². The van der Waals surface area contributed by atoms with Gasteiger partial charge in [0.25, 0.3) is 0 Å². The Morgan fingerprint density at radius 3 is 2.75 bits per heavy atom. The number of aromatic carboxylic acids is 1. The largest absolute Gasteiger partial charge is 0.504 e. The zero-order valence-electron chi connectivity index (χ0n) is 15.0. The van der Waals surface area contributed by atoms with Gasteiger partial charge in [0, 0.05) is 23.5 Å². The fourth-order valence-corrected chi connectivity index (χ4v) is 3.04. The molecule has 1 aliphatic rings. The van der Waals surface area contributed by atoms with Crippen LogP contribution in [0.2, 0.25) is 0 Å². The summed E-state index contributed by atoms with van der Waals surface area (Å²) in [4.78, 5) is 20.1. The van der Waals surface area contributed by atoms with E-state index in [1.54, 1.807) is 24.6 Å². The molecule has 7 nitrogen and oxygen atoms in total. The van der Waals surface area contributed by atoms with Crippen LogP contribution in [0.4, 0.5) is 11.7 Å². The van der Waals surface area contributed by atoms with E-state index in [0.717, 1.165) is 11.1 Å². The Hall–Kier alpha value is -3.87. The van der Waals surface area contributed by atoms with Crippen LogP contribution in [-0.4, -0.2) is 27.4 Å². The van der Waals surface area contributed by atoms with Crippen LogP contribution in [0.15, 0.2) is 58.1 Å². The second kappa shape index (κ2) is 7.03. The zero-order valence-corrected chi connectivity index (χ0v) is 15.0. The first-order valence-electron chi connectivity index (χ1n) is 8.66. The van der Waals surface area contributed by atoms with E-state index in [1.165, 1.54) is 0 Å². The van der Waals surface area contributed by atoms with Gasteiger partial charge in [-0.1, -0.05) is 30.3 Å². The number of anilines is 1. The number of furan rings is 1. The van der Waals surface area contributed by atoms with E-state index in [4.69, 9.17) is 4.42 Å². The fourth-order valence-electron chi connectivity index (χ4n) is 3.04. The van der Waals surface area contributed by atoms with Crippen molar-refractivity contribution in [2.75, 3.05) is 5.32 Å². The number of aromatic nitrogens is 1. The second-order valence-corrected chi connectivity index (χ2v) is 6.33. The van der Waals surface area contributed by atoms with Crippen LogP contribution in [0.5, 0.6) is 5.75 Å². The maximum absolute atomic E-state index is 11.7. The molecule has 3 aromatic rings. The summed E-state index contributed by atoms with van der Waals surface area (Å²) in [5.41, 5.74) is 2.10. The molecule has 3 N–H and O–H groups in total. The van der Waals surface area contributed by atoms with Crippen LogP contribution in [0.1, 0.15) is 40.2 Å². The average Bonchev–Trinajstić information content (AvgIpc) is 3.24. The molecule has 7 heteroatoms. The summed E-state index contributed by atoms with van der Waals surface area (Å²) in [6.07, 6.45) is 4.79. The molecule has 4 rings (SSSR count). The number of nitrogens with one attached hydrogen (secondary N) is 1. The summed E-state index contributed by atoms with van der Waals surface area (Å²) >= 11 is 0. The minimum absolute atomic E-state index is 0.00505. The maximum atomic E-state index is 11.7. The number of allylic oxidation sites excluding steroid dienone is 1. The first kappa shape index (κ1) is 17.5. The number of carbonyl (C=O) groups is 1. The summed E-state index contributed by atoms with van der Waals surface area (Å²) in [5, 5.41) is 23.0. The van der Waals surface area contributed by atoms with Gasteiger partial charge in [-0.25, -0.2) is 14.8 Å². The predicted octanol–water partition coefficient (Wildman–Crippen LogP) is 4.51. The molecular formula is C21H17N3O4. The number of benzene rings is 1. The third-order valence-corrected chi connectivity index (χ3v) is 4.48. The van der Waals surface area contributed by atoms with Crippen molar-refractivity contribution in [3.05, 3.63) is 71.1 Å². The van der Waals surface area contributed by atoms with Crippen molar-refractivity contribution in [1.82, 2.24) is 4.98 Å². The monoisotopic (exact) mass is 375 g/mol. The van der Waals surface area contributed by atoms with E-state index >= 15 is 0 Å². The van der Waals surface area contributed by atoms with Gasteiger partial charge in [-0.2, -0.15) is 0 Å². The lowest BCUT2D eigenvalue weighted by Gasteiger charge is -2.13. The van der Waals surface area contributed by atoms with Crippen LogP contribution in [0.25, 0.3) is 11.6 Å². The Bertz CT molecular complexity index is 1100. The van der Waals surface area contributed by atoms with Crippen molar-refractivity contribution >= 4 is 35.5 Å². The smallest absolute Gasteiger partial charge is 0.345 e. The highest BCUT2D eigenvalue weighted by atomic mass is 16.4. The van der Waals surface area contributed by atoms with Gasteiger partial charge in [0.2, 0.25) is 5.88 Å². The number of nitrogens with zero attached hydrogens (tertiary/aromatic N) is 2. The molecular weight excluding hydrogens is 358 g/mol. The molecule has 0 fully saturated rings. The van der Waals surface area contributed by atoms with Crippen molar-refractivity contribution in [1.29, 1.82) is 0 Å². The molecule has 0 spiro atoms. The van der Waals surface area contributed by atoms with E-state index in [0.29, 0.717) is 11.4 Å². The molecule has 1 aromatic carbocycles. The highest BCUT2D eigenvalue weighted by Crippen LogP contribution is 2.39. The Morgan fingerprint density at radius 1 is 1.21 bits per heavy atom. The minimum Gasteiger partial charge on any atom is -0.504 e. The molecule has 0 radical (unpaired) electrons. The molecule has 3 heterocycles. The van der Waals surface area contributed by atoms with Gasteiger partial charge in [-0.15, -0.1) is 0 Å². The molecule has 1 unspecified atom stereocenters. The van der Waals surface area contributed by atoms with Crippen LogP contribution in [0, 0.1) is 0 Å². The molecule has 0 bridgehead atoms. The van der Waals surface area contributed by atoms with Crippen LogP contribution in [0.3, 0.4) is 0 Å². The quantitative estimate of drug-likeness (QED) is 0.606. The summed E-state index contributed by atoms with van der Waals surface area (Å²) < 4.78 is 5.68. The SMILES string of the molecule is CC(Nc1oc(C=C2C=Nc3ncccc32)c(O)c1C(=O)O)c1ccccc1. The third kappa shape index (κ3) is 3.14. The summed E-state index contributed by atoms with van der Waals surface area (Å²) in [5.74, 6) is -1.12. The van der Waals surface area contributed by atoms with Gasteiger partial charge < -0.3 is 19.9 Å². The van der Waals surface area contributed by atoms with Gasteiger partial charge in [-0.05, 0) is 30.7 Å². The summed E-state index contributed by atoms with van der Waals surface area (Å²) in [7, 11) is 0. The molecule has 0 saturated carbocycles. The maximum Gasteiger partial charge on any atom is 0.345 e. The number of hydrogen-bond donors (Lipinski definition) is 3. The van der Waals surface area contributed by atoms with Gasteiger partial charge in [0.05, 0.1) is 6.04 Å². The number of fused-ring (bicyclic) bond motifs is 1. The number of rotatable bonds is 5. The minimum atomic E-state index is -1.28. The first-order chi connectivity index (χ1) is 13.5. The van der Waals surface area contributed by atoms with Crippen molar-refractivity contribution in [2.45, 2.75) is 13.0 Å². The summed E-state index contributed by atoms with van der Waals surface area (Å²) in [6.45, 7) is 1.88. The Labute approximate surface area is 160 Å². The molecule has 0 amide bonds. The van der Waals surface area contributed by atoms with E-state index in [-0.39, 0.29) is 23.2 Å². The Kier molecular flexibility index (Phi) is 4.41. The average molecular weight is 375 g/mol. The number of hydrogen-bond acceptors (Lipinski definition) is 6. The van der Waals surface area contributed by atoms with E-state index in [9.17, 15) is 15.0 Å². The van der Waals surface area contributed by atoms with Gasteiger partial charge >= 0.3 is 5.97 Å². The Balaban J connectivity index is 1.71. The predicted molar refractivity (Wildman–Crippen MR) is 106 cm³/mol. The number of aliphatic imine (C=N–C) groups is 1. The van der Waals surface area contributed by atoms with Gasteiger partial charge in [0.1, 0.15) is 0 Å². The van der Waals surface area contributed by atoms with E-state index in [1.807, 2.05) is 43.3 Å². The first-order valence-corrected chi connectivity index (χ1v) is 8.66. The fraction of sp³-hybridized carbons (Fsp3) is 0.0952. The second-order valence-electron chi connectivity index (χ2n) is 6.33. The molecule has 28 heavy (non-hydrogen) atoms. The topological polar surface area (TPSA) is 108 Å². The Morgan fingerprint density at radius 2 is 2.00 bits per heavy atom. The molecule has 0 saturated heterocycles. The number of aromatic hydroxyl groups is 1. The highest BCUT2D eigenvalue weighted by Gasteiger charge is 2.26. The van der Waals surface area contributed by atoms with Crippen LogP contribution in [-0.2, 0) is 0 Å². The number of pyridine rings is 1. The van der Waals surface area contributed by atoms with Gasteiger partial charge in [-0.3, -0.25) is 0 Å². The molecule has 1 aliphatic heterocycles. The third-order valence-electron chi connectivity index (χ3n) is 4.48. The lowest BCUT2D eigenvalue weighted by Crippen LogP contribution is -2.09. The van der Waals surface area contributed by atoms with Crippen LogP contribution >= 0.6 is 0 Å². The normalized spacial score (nSPS) is 14.8. The van der Waals surface area contributed by atoms with E-state index in [2.05, 4.69) is 15.3 Å². The lowest BCUT2D eigenvalue weighted by molar-refractivity contribution is 0.0694. The van der Waals surface area contributed by atoms with Crippen molar-refractivity contribution < 1.29 is 19.4 Å². The van der Waals surface area contributed by atoms with Gasteiger partial charge in [0.15, 0.2) is 22.9 Å². The molecule has 140 valence electrons. The van der Waals surface area contributed by atoms with Crippen molar-refractivity contribution in [3.8, 4) is 5.75 Å². The molecule has 0 aliphatic carbocycles. The van der Waals surface area contributed by atoms with E-state index < -0.39 is 11.7 Å². The standard InChI is InChI=1S/C21H17N3O4/c1-12(13-6-3-2-4-7-13)24-20-17(21(26)27)18(25)16(28-20)10-14-11-23-19-15(14)8-5-9-22-19/h2-12,24-25H,1H3,(H,26,27). The van der Waals surface area contributed by atoms with Crippen molar-refractivity contribution in [2.24, 2.45) is 4.99 Å². The lowest BCUT2D eigenvalue weighted by atomic mass is 10.1. The summed E-state index contributed by atoms with van der Waals surface area (Å²) in [6, 6.07) is 12.9. The van der Waals surface area contributed by atoms with Crippen LogP contribution < -0.4 is 5.32 Å². The zero-order chi connectivity index (χ0) is 19.7. The highest BCUT2D eigenvalue weighted by molar-refractivity contribution is 6.21.